The fourth-order valence-corrected chi connectivity index (χ4v) is 2.51. The Balaban J connectivity index is 2.39. The smallest absolute Gasteiger partial charge is 0.113 e. The van der Waals surface area contributed by atoms with E-state index in [2.05, 4.69) is 24.1 Å². The van der Waals surface area contributed by atoms with Crippen molar-refractivity contribution in [2.75, 3.05) is 13.2 Å². The van der Waals surface area contributed by atoms with E-state index in [-0.39, 0.29) is 12.0 Å². The molecule has 0 atom stereocenters. The summed E-state index contributed by atoms with van der Waals surface area (Å²) in [6.07, 6.45) is 3.62. The molecule has 0 spiro atoms. The van der Waals surface area contributed by atoms with Gasteiger partial charge >= 0.3 is 0 Å². The lowest BCUT2D eigenvalue weighted by atomic mass is 9.83. The predicted molar refractivity (Wildman–Crippen MR) is 68.9 cm³/mol. The first-order valence-electron chi connectivity index (χ1n) is 5.57. The molecule has 0 radical (unpaired) electrons. The van der Waals surface area contributed by atoms with E-state index in [0.717, 1.165) is 35.3 Å². The van der Waals surface area contributed by atoms with Gasteiger partial charge in [0.25, 0.3) is 0 Å². The van der Waals surface area contributed by atoms with Crippen molar-refractivity contribution in [3.8, 4) is 0 Å². The summed E-state index contributed by atoms with van der Waals surface area (Å²) in [6, 6.07) is 0. The number of halogens is 1. The van der Waals surface area contributed by atoms with Gasteiger partial charge in [0.1, 0.15) is 9.34 Å². The van der Waals surface area contributed by atoms with Gasteiger partial charge in [-0.3, -0.25) is 0 Å². The van der Waals surface area contributed by atoms with Crippen LogP contribution in [0, 0.1) is 5.41 Å². The Bertz CT molecular complexity index is 304. The Labute approximate surface area is 106 Å². The van der Waals surface area contributed by atoms with E-state index in [4.69, 9.17) is 11.6 Å². The number of nitrogens with zero attached hydrogens (tertiary/aromatic N) is 1. The van der Waals surface area contributed by atoms with E-state index >= 15 is 0 Å². The predicted octanol–water partition coefficient (Wildman–Crippen LogP) is 2.68. The molecular formula is C11H19ClN2OS. The zero-order chi connectivity index (χ0) is 12.0. The fourth-order valence-electron chi connectivity index (χ4n) is 1.58. The second kappa shape index (κ2) is 6.55. The summed E-state index contributed by atoms with van der Waals surface area (Å²) in [6.45, 7) is 5.99. The molecule has 0 fully saturated rings. The number of hydrogen-bond acceptors (Lipinski definition) is 4. The Morgan fingerprint density at radius 1 is 1.50 bits per heavy atom. The van der Waals surface area contributed by atoms with Crippen molar-refractivity contribution in [3.63, 3.8) is 0 Å². The highest BCUT2D eigenvalue weighted by atomic mass is 35.5. The summed E-state index contributed by atoms with van der Waals surface area (Å²) in [5, 5.41) is 13.7. The maximum atomic E-state index is 9.40. The van der Waals surface area contributed by atoms with E-state index in [1.807, 2.05) is 0 Å². The zero-order valence-electron chi connectivity index (χ0n) is 9.79. The van der Waals surface area contributed by atoms with Gasteiger partial charge in [-0.1, -0.05) is 25.4 Å². The third kappa shape index (κ3) is 3.70. The number of rotatable bonds is 7. The van der Waals surface area contributed by atoms with Crippen LogP contribution in [0.4, 0.5) is 0 Å². The molecule has 2 N–H and O–H groups in total. The van der Waals surface area contributed by atoms with Crippen LogP contribution in [0.1, 0.15) is 31.7 Å². The highest BCUT2D eigenvalue weighted by Gasteiger charge is 2.24. The summed E-state index contributed by atoms with van der Waals surface area (Å²) in [4.78, 5) is 4.17. The van der Waals surface area contributed by atoms with Crippen molar-refractivity contribution in [1.29, 1.82) is 0 Å². The van der Waals surface area contributed by atoms with Crippen LogP contribution in [0.2, 0.25) is 4.34 Å². The van der Waals surface area contributed by atoms with Gasteiger partial charge < -0.3 is 10.4 Å². The van der Waals surface area contributed by atoms with Crippen LogP contribution in [0.25, 0.3) is 0 Å². The maximum Gasteiger partial charge on any atom is 0.113 e. The molecule has 0 aliphatic rings. The molecule has 1 aromatic heterocycles. The maximum absolute atomic E-state index is 9.40. The van der Waals surface area contributed by atoms with Crippen LogP contribution in [-0.2, 0) is 6.54 Å². The van der Waals surface area contributed by atoms with E-state index in [1.165, 1.54) is 11.3 Å². The Morgan fingerprint density at radius 3 is 2.62 bits per heavy atom. The quantitative estimate of drug-likeness (QED) is 0.794. The van der Waals surface area contributed by atoms with Gasteiger partial charge in [-0.2, -0.15) is 0 Å². The van der Waals surface area contributed by atoms with Gasteiger partial charge in [0, 0.05) is 25.1 Å². The SMILES string of the molecule is CCC(CC)(CO)CNCc1ncc(Cl)s1. The first kappa shape index (κ1) is 13.9. The lowest BCUT2D eigenvalue weighted by molar-refractivity contribution is 0.113. The monoisotopic (exact) mass is 262 g/mol. The summed E-state index contributed by atoms with van der Waals surface area (Å²) in [7, 11) is 0. The number of aliphatic hydroxyl groups is 1. The fraction of sp³-hybridized carbons (Fsp3) is 0.727. The van der Waals surface area contributed by atoms with Gasteiger partial charge in [0.2, 0.25) is 0 Å². The Morgan fingerprint density at radius 2 is 2.19 bits per heavy atom. The Hall–Kier alpha value is -0.160. The summed E-state index contributed by atoms with van der Waals surface area (Å²) in [5.74, 6) is 0. The minimum Gasteiger partial charge on any atom is -0.396 e. The first-order chi connectivity index (χ1) is 7.65. The van der Waals surface area contributed by atoms with Crippen LogP contribution >= 0.6 is 22.9 Å². The van der Waals surface area contributed by atoms with Crippen molar-refractivity contribution < 1.29 is 5.11 Å². The Kier molecular flexibility index (Phi) is 5.69. The van der Waals surface area contributed by atoms with E-state index in [1.54, 1.807) is 6.20 Å². The first-order valence-corrected chi connectivity index (χ1v) is 6.77. The normalized spacial score (nSPS) is 12.0. The molecule has 0 aliphatic carbocycles. The van der Waals surface area contributed by atoms with Crippen molar-refractivity contribution in [2.24, 2.45) is 5.41 Å². The van der Waals surface area contributed by atoms with Crippen molar-refractivity contribution in [3.05, 3.63) is 15.5 Å². The van der Waals surface area contributed by atoms with E-state index in [0.29, 0.717) is 0 Å². The molecule has 0 bridgehead atoms. The van der Waals surface area contributed by atoms with Gasteiger partial charge in [0.05, 0.1) is 6.20 Å². The standard InChI is InChI=1S/C11H19ClN2OS/c1-3-11(4-2,8-15)7-13-6-10-14-5-9(12)16-10/h5,13,15H,3-4,6-8H2,1-2H3. The number of thiazole rings is 1. The molecule has 0 amide bonds. The minimum absolute atomic E-state index is 0.00105. The van der Waals surface area contributed by atoms with Gasteiger partial charge in [-0.15, -0.1) is 11.3 Å². The van der Waals surface area contributed by atoms with Gasteiger partial charge in [-0.05, 0) is 12.8 Å². The molecule has 1 rings (SSSR count). The third-order valence-corrected chi connectivity index (χ3v) is 4.25. The van der Waals surface area contributed by atoms with E-state index < -0.39 is 0 Å². The highest BCUT2D eigenvalue weighted by Crippen LogP contribution is 2.25. The van der Waals surface area contributed by atoms with E-state index in [9.17, 15) is 5.11 Å². The van der Waals surface area contributed by atoms with Crippen LogP contribution < -0.4 is 5.32 Å². The molecule has 0 aromatic carbocycles. The molecule has 92 valence electrons. The molecule has 0 aliphatic heterocycles. The molecule has 1 heterocycles. The average Bonchev–Trinajstić information content (AvgIpc) is 2.71. The molecule has 0 saturated carbocycles. The third-order valence-electron chi connectivity index (χ3n) is 3.14. The second-order valence-corrected chi connectivity index (χ2v) is 5.77. The van der Waals surface area contributed by atoms with Crippen molar-refractivity contribution in [1.82, 2.24) is 10.3 Å². The molecule has 5 heteroatoms. The lowest BCUT2D eigenvalue weighted by Crippen LogP contribution is -2.36. The minimum atomic E-state index is 0.00105. The molecule has 16 heavy (non-hydrogen) atoms. The number of hydrogen-bond donors (Lipinski definition) is 2. The van der Waals surface area contributed by atoms with Crippen molar-refractivity contribution >= 4 is 22.9 Å². The van der Waals surface area contributed by atoms with Gasteiger partial charge in [-0.25, -0.2) is 4.98 Å². The van der Waals surface area contributed by atoms with Crippen LogP contribution in [0.3, 0.4) is 0 Å². The molecular weight excluding hydrogens is 244 g/mol. The molecule has 3 nitrogen and oxygen atoms in total. The molecule has 0 saturated heterocycles. The second-order valence-electron chi connectivity index (χ2n) is 4.03. The largest absolute Gasteiger partial charge is 0.396 e. The van der Waals surface area contributed by atoms with Crippen LogP contribution in [0.5, 0.6) is 0 Å². The molecule has 1 aromatic rings. The van der Waals surface area contributed by atoms with Crippen LogP contribution in [-0.4, -0.2) is 23.2 Å². The topological polar surface area (TPSA) is 45.1 Å². The number of nitrogens with one attached hydrogen (secondary N) is 1. The van der Waals surface area contributed by atoms with Gasteiger partial charge in [0.15, 0.2) is 0 Å². The summed E-state index contributed by atoms with van der Waals surface area (Å²) < 4.78 is 0.719. The zero-order valence-corrected chi connectivity index (χ0v) is 11.4. The molecule has 0 unspecified atom stereocenters. The summed E-state index contributed by atoms with van der Waals surface area (Å²) in [5.41, 5.74) is 0.00105. The van der Waals surface area contributed by atoms with Crippen molar-refractivity contribution in [2.45, 2.75) is 33.2 Å². The number of aromatic nitrogens is 1. The average molecular weight is 263 g/mol. The lowest BCUT2D eigenvalue weighted by Gasteiger charge is -2.29. The highest BCUT2D eigenvalue weighted by molar-refractivity contribution is 7.15. The number of aliphatic hydroxyl groups excluding tert-OH is 1. The van der Waals surface area contributed by atoms with Crippen LogP contribution in [0.15, 0.2) is 6.20 Å². The summed E-state index contributed by atoms with van der Waals surface area (Å²) >= 11 is 7.29.